The summed E-state index contributed by atoms with van der Waals surface area (Å²) in [6, 6.07) is 0.979. The molecule has 1 aliphatic rings. The molecule has 1 fully saturated rings. The third kappa shape index (κ3) is 4.30. The summed E-state index contributed by atoms with van der Waals surface area (Å²) in [5.41, 5.74) is 1.29. The fourth-order valence-electron chi connectivity index (χ4n) is 2.35. The van der Waals surface area contributed by atoms with Crippen molar-refractivity contribution in [3.63, 3.8) is 0 Å². The molecule has 1 saturated heterocycles. The van der Waals surface area contributed by atoms with E-state index in [1.165, 1.54) is 5.56 Å². The van der Waals surface area contributed by atoms with Crippen molar-refractivity contribution in [3.8, 4) is 0 Å². The molecule has 0 aromatic carbocycles. The first-order valence-electron chi connectivity index (χ1n) is 7.25. The number of rotatable bonds is 6. The Labute approximate surface area is 115 Å². The molecular weight excluding hydrogens is 240 g/mol. The third-order valence-electron chi connectivity index (χ3n) is 3.51. The van der Waals surface area contributed by atoms with Gasteiger partial charge in [0.1, 0.15) is 0 Å². The van der Waals surface area contributed by atoms with Crippen LogP contribution in [-0.2, 0) is 17.8 Å². The molecule has 1 atom stereocenters. The maximum atomic E-state index is 5.61. The Morgan fingerprint density at radius 3 is 3.05 bits per heavy atom. The van der Waals surface area contributed by atoms with Gasteiger partial charge >= 0.3 is 0 Å². The van der Waals surface area contributed by atoms with E-state index < -0.39 is 0 Å². The number of aromatic nitrogens is 2. The van der Waals surface area contributed by atoms with Crippen molar-refractivity contribution in [3.05, 3.63) is 18.0 Å². The van der Waals surface area contributed by atoms with E-state index in [-0.39, 0.29) is 0 Å². The summed E-state index contributed by atoms with van der Waals surface area (Å²) in [5.74, 6) is 0. The van der Waals surface area contributed by atoms with Gasteiger partial charge in [0.05, 0.1) is 19.4 Å². The average Bonchev–Trinajstić information content (AvgIpc) is 2.85. The number of nitrogens with one attached hydrogen (secondary N) is 1. The zero-order chi connectivity index (χ0) is 13.7. The summed E-state index contributed by atoms with van der Waals surface area (Å²) in [6.07, 6.45) is 4.12. The second-order valence-electron chi connectivity index (χ2n) is 5.47. The Kier molecular flexibility index (Phi) is 5.36. The van der Waals surface area contributed by atoms with Gasteiger partial charge in [-0.05, 0) is 6.92 Å². The summed E-state index contributed by atoms with van der Waals surface area (Å²) in [6.45, 7) is 12.0. The molecule has 19 heavy (non-hydrogen) atoms. The zero-order valence-electron chi connectivity index (χ0n) is 12.3. The van der Waals surface area contributed by atoms with Crippen LogP contribution in [0, 0.1) is 0 Å². The summed E-state index contributed by atoms with van der Waals surface area (Å²) in [5, 5.41) is 7.85. The van der Waals surface area contributed by atoms with Crippen molar-refractivity contribution in [2.24, 2.45) is 0 Å². The van der Waals surface area contributed by atoms with Crippen LogP contribution in [-0.4, -0.2) is 53.1 Å². The lowest BCUT2D eigenvalue weighted by atomic mass is 10.2. The predicted octanol–water partition coefficient (Wildman–Crippen LogP) is 1.10. The average molecular weight is 266 g/mol. The maximum absolute atomic E-state index is 5.61. The molecule has 1 unspecified atom stereocenters. The number of nitrogens with zero attached hydrogens (tertiary/aromatic N) is 3. The summed E-state index contributed by atoms with van der Waals surface area (Å²) < 4.78 is 7.59. The zero-order valence-corrected chi connectivity index (χ0v) is 12.3. The quantitative estimate of drug-likeness (QED) is 0.837. The molecule has 108 valence electrons. The molecule has 0 amide bonds. The van der Waals surface area contributed by atoms with Gasteiger partial charge in [-0.2, -0.15) is 5.10 Å². The van der Waals surface area contributed by atoms with Crippen LogP contribution in [0.1, 0.15) is 26.3 Å². The molecule has 0 bridgehead atoms. The lowest BCUT2D eigenvalue weighted by Crippen LogP contribution is -2.50. The molecule has 2 rings (SSSR count). The third-order valence-corrected chi connectivity index (χ3v) is 3.51. The highest BCUT2D eigenvalue weighted by atomic mass is 16.5. The largest absolute Gasteiger partial charge is 0.378 e. The van der Waals surface area contributed by atoms with Gasteiger partial charge in [-0.1, -0.05) is 13.8 Å². The second kappa shape index (κ2) is 7.03. The van der Waals surface area contributed by atoms with Crippen molar-refractivity contribution in [1.29, 1.82) is 0 Å². The molecule has 0 aliphatic carbocycles. The highest BCUT2D eigenvalue weighted by Gasteiger charge is 2.23. The van der Waals surface area contributed by atoms with Crippen molar-refractivity contribution < 1.29 is 4.74 Å². The first-order chi connectivity index (χ1) is 9.19. The fourth-order valence-corrected chi connectivity index (χ4v) is 2.35. The lowest BCUT2D eigenvalue weighted by Gasteiger charge is -2.35. The van der Waals surface area contributed by atoms with Gasteiger partial charge < -0.3 is 10.1 Å². The van der Waals surface area contributed by atoms with Crippen LogP contribution in [0.3, 0.4) is 0 Å². The molecular formula is C14H26N4O. The van der Waals surface area contributed by atoms with E-state index in [2.05, 4.69) is 42.3 Å². The van der Waals surface area contributed by atoms with Crippen LogP contribution < -0.4 is 5.32 Å². The molecule has 0 saturated carbocycles. The molecule has 1 N–H and O–H groups in total. The minimum absolute atomic E-state index is 0.459. The van der Waals surface area contributed by atoms with Gasteiger partial charge in [0.15, 0.2) is 0 Å². The summed E-state index contributed by atoms with van der Waals surface area (Å²) in [4.78, 5) is 2.50. The maximum Gasteiger partial charge on any atom is 0.0635 e. The predicted molar refractivity (Wildman–Crippen MR) is 76.1 cm³/mol. The van der Waals surface area contributed by atoms with Crippen LogP contribution in [0.15, 0.2) is 12.4 Å². The van der Waals surface area contributed by atoms with Gasteiger partial charge in [-0.3, -0.25) is 9.58 Å². The Hall–Kier alpha value is -0.910. The SMILES string of the molecule is CCn1cc(CN2CCOCC2CNC(C)C)cn1. The van der Waals surface area contributed by atoms with E-state index in [4.69, 9.17) is 4.74 Å². The fraction of sp³-hybridized carbons (Fsp3) is 0.786. The topological polar surface area (TPSA) is 42.3 Å². The second-order valence-corrected chi connectivity index (χ2v) is 5.47. The van der Waals surface area contributed by atoms with E-state index in [9.17, 15) is 0 Å². The monoisotopic (exact) mass is 266 g/mol. The van der Waals surface area contributed by atoms with E-state index in [0.29, 0.717) is 12.1 Å². The first-order valence-corrected chi connectivity index (χ1v) is 7.25. The van der Waals surface area contributed by atoms with E-state index in [1.54, 1.807) is 0 Å². The highest BCUT2D eigenvalue weighted by molar-refractivity contribution is 5.04. The standard InChI is InChI=1S/C14H26N4O/c1-4-18-10-13(7-16-18)9-17-5-6-19-11-14(17)8-15-12(2)3/h7,10,12,14-15H,4-6,8-9,11H2,1-3H3. The Morgan fingerprint density at radius 2 is 2.37 bits per heavy atom. The van der Waals surface area contributed by atoms with Gasteiger partial charge in [0.25, 0.3) is 0 Å². The minimum Gasteiger partial charge on any atom is -0.378 e. The van der Waals surface area contributed by atoms with Crippen molar-refractivity contribution in [1.82, 2.24) is 20.0 Å². The molecule has 1 aromatic heterocycles. The van der Waals surface area contributed by atoms with Crippen LogP contribution in [0.25, 0.3) is 0 Å². The van der Waals surface area contributed by atoms with Crippen LogP contribution >= 0.6 is 0 Å². The van der Waals surface area contributed by atoms with Crippen molar-refractivity contribution in [2.75, 3.05) is 26.3 Å². The Bertz CT molecular complexity index is 377. The molecule has 2 heterocycles. The lowest BCUT2D eigenvalue weighted by molar-refractivity contribution is -0.0114. The Morgan fingerprint density at radius 1 is 1.53 bits per heavy atom. The highest BCUT2D eigenvalue weighted by Crippen LogP contribution is 2.12. The molecule has 1 aliphatic heterocycles. The molecule has 5 nitrogen and oxygen atoms in total. The summed E-state index contributed by atoms with van der Waals surface area (Å²) >= 11 is 0. The number of hydrogen-bond donors (Lipinski definition) is 1. The van der Waals surface area contributed by atoms with Crippen LogP contribution in [0.5, 0.6) is 0 Å². The molecule has 0 spiro atoms. The van der Waals surface area contributed by atoms with Gasteiger partial charge in [0, 0.05) is 50.0 Å². The number of morpholine rings is 1. The normalized spacial score (nSPS) is 21.2. The van der Waals surface area contributed by atoms with E-state index in [0.717, 1.165) is 39.4 Å². The molecule has 1 aromatic rings. The first kappa shape index (κ1) is 14.5. The Balaban J connectivity index is 1.91. The number of ether oxygens (including phenoxy) is 1. The van der Waals surface area contributed by atoms with E-state index >= 15 is 0 Å². The van der Waals surface area contributed by atoms with E-state index in [1.807, 2.05) is 10.9 Å². The van der Waals surface area contributed by atoms with Crippen molar-refractivity contribution in [2.45, 2.75) is 45.9 Å². The number of hydrogen-bond acceptors (Lipinski definition) is 4. The van der Waals surface area contributed by atoms with Gasteiger partial charge in [-0.15, -0.1) is 0 Å². The summed E-state index contributed by atoms with van der Waals surface area (Å²) in [7, 11) is 0. The van der Waals surface area contributed by atoms with Gasteiger partial charge in [0.2, 0.25) is 0 Å². The smallest absolute Gasteiger partial charge is 0.0635 e. The minimum atomic E-state index is 0.459. The van der Waals surface area contributed by atoms with Gasteiger partial charge in [-0.25, -0.2) is 0 Å². The molecule has 5 heteroatoms. The van der Waals surface area contributed by atoms with Crippen LogP contribution in [0.4, 0.5) is 0 Å². The number of aryl methyl sites for hydroxylation is 1. The molecule has 0 radical (unpaired) electrons. The van der Waals surface area contributed by atoms with Crippen LogP contribution in [0.2, 0.25) is 0 Å². The van der Waals surface area contributed by atoms with Crippen molar-refractivity contribution >= 4 is 0 Å².